The van der Waals surface area contributed by atoms with Gasteiger partial charge in [0.15, 0.2) is 0 Å². The van der Waals surface area contributed by atoms with Gasteiger partial charge in [0.2, 0.25) is 5.91 Å². The number of nitrogens with two attached hydrogens (primary N) is 2. The number of piperidine rings is 1. The van der Waals surface area contributed by atoms with Crippen LogP contribution in [0.15, 0.2) is 18.2 Å². The predicted molar refractivity (Wildman–Crippen MR) is 78.2 cm³/mol. The minimum absolute atomic E-state index is 0.431. The highest BCUT2D eigenvalue weighted by Crippen LogP contribution is 2.19. The first kappa shape index (κ1) is 13.7. The summed E-state index contributed by atoms with van der Waals surface area (Å²) in [6.07, 6.45) is 3.93. The number of amides is 1. The minimum atomic E-state index is -0.431. The number of primary amides is 1. The number of rotatable bonds is 5. The Balaban J connectivity index is 1.87. The monoisotopic (exact) mass is 262 g/mol. The van der Waals surface area contributed by atoms with E-state index in [1.54, 1.807) is 18.2 Å². The SMILES string of the molecule is NC(=O)c1ccc(N)c(NCCN2CCCCC2)c1. The summed E-state index contributed by atoms with van der Waals surface area (Å²) in [6, 6.07) is 5.07. The van der Waals surface area contributed by atoms with Gasteiger partial charge in [-0.25, -0.2) is 0 Å². The minimum Gasteiger partial charge on any atom is -0.397 e. The number of nitrogen functional groups attached to an aromatic ring is 1. The van der Waals surface area contributed by atoms with Crippen LogP contribution in [0.5, 0.6) is 0 Å². The molecule has 5 heteroatoms. The molecule has 1 aromatic carbocycles. The number of nitrogens with one attached hydrogen (secondary N) is 1. The Morgan fingerprint density at radius 3 is 2.68 bits per heavy atom. The number of carbonyl (C=O) groups is 1. The van der Waals surface area contributed by atoms with E-state index in [9.17, 15) is 4.79 Å². The summed E-state index contributed by atoms with van der Waals surface area (Å²) >= 11 is 0. The van der Waals surface area contributed by atoms with Gasteiger partial charge in [-0.2, -0.15) is 0 Å². The van der Waals surface area contributed by atoms with E-state index in [1.807, 2.05) is 0 Å². The van der Waals surface area contributed by atoms with Gasteiger partial charge in [-0.15, -0.1) is 0 Å². The van der Waals surface area contributed by atoms with Crippen LogP contribution in [0, 0.1) is 0 Å². The summed E-state index contributed by atoms with van der Waals surface area (Å²) < 4.78 is 0. The average Bonchev–Trinajstić information content (AvgIpc) is 2.42. The number of hydrogen-bond donors (Lipinski definition) is 3. The molecular formula is C14H22N4O. The summed E-state index contributed by atoms with van der Waals surface area (Å²) in [6.45, 7) is 4.18. The van der Waals surface area contributed by atoms with Crippen molar-refractivity contribution >= 4 is 17.3 Å². The Hall–Kier alpha value is -1.75. The molecule has 1 saturated heterocycles. The quantitative estimate of drug-likeness (QED) is 0.698. The van der Waals surface area contributed by atoms with Gasteiger partial charge in [-0.05, 0) is 44.1 Å². The van der Waals surface area contributed by atoms with Crippen molar-refractivity contribution in [2.45, 2.75) is 19.3 Å². The van der Waals surface area contributed by atoms with Crippen molar-refractivity contribution in [1.29, 1.82) is 0 Å². The van der Waals surface area contributed by atoms with Crippen LogP contribution in [-0.4, -0.2) is 37.0 Å². The van der Waals surface area contributed by atoms with E-state index in [0.717, 1.165) is 18.8 Å². The Morgan fingerprint density at radius 1 is 1.26 bits per heavy atom. The van der Waals surface area contributed by atoms with Gasteiger partial charge in [0.05, 0.1) is 11.4 Å². The predicted octanol–water partition coefficient (Wildman–Crippen LogP) is 1.27. The molecule has 1 aromatic rings. The van der Waals surface area contributed by atoms with Crippen molar-refractivity contribution in [2.24, 2.45) is 5.73 Å². The first-order chi connectivity index (χ1) is 9.16. The lowest BCUT2D eigenvalue weighted by atomic mass is 10.1. The maximum absolute atomic E-state index is 11.1. The highest BCUT2D eigenvalue weighted by molar-refractivity contribution is 5.94. The second-order valence-corrected chi connectivity index (χ2v) is 5.00. The molecule has 5 nitrogen and oxygen atoms in total. The summed E-state index contributed by atoms with van der Waals surface area (Å²) in [5.74, 6) is -0.431. The molecule has 5 N–H and O–H groups in total. The molecule has 19 heavy (non-hydrogen) atoms. The summed E-state index contributed by atoms with van der Waals surface area (Å²) in [5.41, 5.74) is 13.1. The van der Waals surface area contributed by atoms with Crippen molar-refractivity contribution in [3.05, 3.63) is 23.8 Å². The van der Waals surface area contributed by atoms with Crippen molar-refractivity contribution < 1.29 is 4.79 Å². The Morgan fingerprint density at radius 2 is 2.00 bits per heavy atom. The van der Waals surface area contributed by atoms with Crippen LogP contribution >= 0.6 is 0 Å². The zero-order valence-electron chi connectivity index (χ0n) is 11.2. The molecule has 0 bridgehead atoms. The number of anilines is 2. The molecule has 0 radical (unpaired) electrons. The van der Waals surface area contributed by atoms with Gasteiger partial charge in [0.25, 0.3) is 0 Å². The average molecular weight is 262 g/mol. The van der Waals surface area contributed by atoms with Crippen LogP contribution < -0.4 is 16.8 Å². The van der Waals surface area contributed by atoms with Crippen molar-refractivity contribution in [1.82, 2.24) is 4.90 Å². The molecule has 0 unspecified atom stereocenters. The number of likely N-dealkylation sites (tertiary alicyclic amines) is 1. The molecule has 0 atom stereocenters. The number of benzene rings is 1. The number of hydrogen-bond acceptors (Lipinski definition) is 4. The fraction of sp³-hybridized carbons (Fsp3) is 0.500. The Bertz CT molecular complexity index is 441. The number of carbonyl (C=O) groups excluding carboxylic acids is 1. The summed E-state index contributed by atoms with van der Waals surface area (Å²) in [5, 5.41) is 3.28. The largest absolute Gasteiger partial charge is 0.397 e. The van der Waals surface area contributed by atoms with E-state index in [-0.39, 0.29) is 0 Å². The van der Waals surface area contributed by atoms with E-state index in [4.69, 9.17) is 11.5 Å². The summed E-state index contributed by atoms with van der Waals surface area (Å²) in [4.78, 5) is 13.6. The second kappa shape index (κ2) is 6.43. The van der Waals surface area contributed by atoms with Gasteiger partial charge in [-0.1, -0.05) is 6.42 Å². The third-order valence-electron chi connectivity index (χ3n) is 3.53. The van der Waals surface area contributed by atoms with Crippen LogP contribution in [0.3, 0.4) is 0 Å². The maximum atomic E-state index is 11.1. The molecule has 0 spiro atoms. The third kappa shape index (κ3) is 3.86. The Kier molecular flexibility index (Phi) is 4.63. The van der Waals surface area contributed by atoms with Crippen LogP contribution in [0.25, 0.3) is 0 Å². The molecular weight excluding hydrogens is 240 g/mol. The molecule has 0 aliphatic carbocycles. The van der Waals surface area contributed by atoms with Crippen molar-refractivity contribution in [3.63, 3.8) is 0 Å². The van der Waals surface area contributed by atoms with E-state index in [1.165, 1.54) is 32.4 Å². The van der Waals surface area contributed by atoms with Gasteiger partial charge in [0, 0.05) is 18.7 Å². The molecule has 1 amide bonds. The third-order valence-corrected chi connectivity index (χ3v) is 3.53. The van der Waals surface area contributed by atoms with Crippen LogP contribution in [0.4, 0.5) is 11.4 Å². The van der Waals surface area contributed by atoms with E-state index >= 15 is 0 Å². The smallest absolute Gasteiger partial charge is 0.248 e. The normalized spacial score (nSPS) is 16.2. The topological polar surface area (TPSA) is 84.4 Å². The van der Waals surface area contributed by atoms with Crippen molar-refractivity contribution in [3.8, 4) is 0 Å². The fourth-order valence-corrected chi connectivity index (χ4v) is 2.39. The van der Waals surface area contributed by atoms with E-state index in [0.29, 0.717) is 11.3 Å². The molecule has 1 fully saturated rings. The molecule has 1 aliphatic rings. The standard InChI is InChI=1S/C14H22N4O/c15-12-5-4-11(14(16)19)10-13(12)17-6-9-18-7-2-1-3-8-18/h4-5,10,17H,1-3,6-9,15H2,(H2,16,19). The van der Waals surface area contributed by atoms with Gasteiger partial charge in [-0.3, -0.25) is 4.79 Å². The molecule has 1 heterocycles. The van der Waals surface area contributed by atoms with Crippen molar-refractivity contribution in [2.75, 3.05) is 37.2 Å². The van der Waals surface area contributed by atoms with Gasteiger partial charge in [0.1, 0.15) is 0 Å². The highest BCUT2D eigenvalue weighted by Gasteiger charge is 2.10. The number of nitrogens with zero attached hydrogens (tertiary/aromatic N) is 1. The Labute approximate surface area is 113 Å². The lowest BCUT2D eigenvalue weighted by Gasteiger charge is -2.26. The lowest BCUT2D eigenvalue weighted by Crippen LogP contribution is -2.33. The van der Waals surface area contributed by atoms with Crippen LogP contribution in [-0.2, 0) is 0 Å². The first-order valence-corrected chi connectivity index (χ1v) is 6.82. The molecule has 1 aliphatic heterocycles. The van der Waals surface area contributed by atoms with Gasteiger partial charge < -0.3 is 21.7 Å². The van der Waals surface area contributed by atoms with Gasteiger partial charge >= 0.3 is 0 Å². The van der Waals surface area contributed by atoms with E-state index in [2.05, 4.69) is 10.2 Å². The molecule has 0 aromatic heterocycles. The lowest BCUT2D eigenvalue weighted by molar-refractivity contribution is 0.100. The zero-order chi connectivity index (χ0) is 13.7. The van der Waals surface area contributed by atoms with Crippen LogP contribution in [0.1, 0.15) is 29.6 Å². The fourth-order valence-electron chi connectivity index (χ4n) is 2.39. The summed E-state index contributed by atoms with van der Waals surface area (Å²) in [7, 11) is 0. The van der Waals surface area contributed by atoms with E-state index < -0.39 is 5.91 Å². The zero-order valence-corrected chi connectivity index (χ0v) is 11.2. The highest BCUT2D eigenvalue weighted by atomic mass is 16.1. The maximum Gasteiger partial charge on any atom is 0.248 e. The van der Waals surface area contributed by atoms with Crippen LogP contribution in [0.2, 0.25) is 0 Å². The molecule has 0 saturated carbocycles. The first-order valence-electron chi connectivity index (χ1n) is 6.82. The second-order valence-electron chi connectivity index (χ2n) is 5.00. The molecule has 2 rings (SSSR count). The molecule has 104 valence electrons.